The molecule has 0 aliphatic carbocycles. The van der Waals surface area contributed by atoms with Gasteiger partial charge in [0.15, 0.2) is 0 Å². The maximum atomic E-state index is 12.2. The number of carbonyl (C=O) groups is 2. The molecule has 2 aliphatic rings. The first-order chi connectivity index (χ1) is 12.9. The topological polar surface area (TPSA) is 89.9 Å². The maximum Gasteiger partial charge on any atom is 0.258 e. The highest BCUT2D eigenvalue weighted by Gasteiger charge is 2.45. The number of piperazine rings is 1. The minimum Gasteiger partial charge on any atom is -0.383 e. The van der Waals surface area contributed by atoms with Crippen molar-refractivity contribution in [3.63, 3.8) is 0 Å². The van der Waals surface area contributed by atoms with Gasteiger partial charge >= 0.3 is 0 Å². The Bertz CT molecular complexity index is 659. The zero-order valence-corrected chi connectivity index (χ0v) is 16.2. The van der Waals surface area contributed by atoms with Gasteiger partial charge in [0.2, 0.25) is 11.9 Å². The van der Waals surface area contributed by atoms with Gasteiger partial charge in [-0.25, -0.2) is 9.97 Å². The van der Waals surface area contributed by atoms with Crippen LogP contribution in [-0.4, -0.2) is 82.1 Å². The summed E-state index contributed by atoms with van der Waals surface area (Å²) in [4.78, 5) is 38.8. The lowest BCUT2D eigenvalue weighted by atomic mass is 9.79. The average molecular weight is 375 g/mol. The van der Waals surface area contributed by atoms with Crippen LogP contribution in [0.25, 0.3) is 0 Å². The molecule has 3 heterocycles. The molecule has 8 nitrogen and oxygen atoms in total. The number of hydrogen-bond donors (Lipinski definition) is 1. The fourth-order valence-electron chi connectivity index (χ4n) is 3.65. The van der Waals surface area contributed by atoms with Crippen LogP contribution in [0.1, 0.15) is 33.1 Å². The lowest BCUT2D eigenvalue weighted by Gasteiger charge is -2.39. The van der Waals surface area contributed by atoms with Crippen molar-refractivity contribution in [3.8, 4) is 0 Å². The lowest BCUT2D eigenvalue weighted by Crippen LogP contribution is -2.55. The zero-order chi connectivity index (χ0) is 19.4. The van der Waals surface area contributed by atoms with Crippen molar-refractivity contribution in [1.82, 2.24) is 19.8 Å². The second-order valence-electron chi connectivity index (χ2n) is 8.04. The Morgan fingerprint density at radius 2 is 1.70 bits per heavy atom. The van der Waals surface area contributed by atoms with Crippen LogP contribution in [0.5, 0.6) is 0 Å². The highest BCUT2D eigenvalue weighted by Crippen LogP contribution is 2.32. The van der Waals surface area contributed by atoms with Crippen molar-refractivity contribution in [1.29, 1.82) is 0 Å². The van der Waals surface area contributed by atoms with Gasteiger partial charge in [0, 0.05) is 57.0 Å². The summed E-state index contributed by atoms with van der Waals surface area (Å²) in [5, 5.41) is 10.1. The molecular formula is C19H29N5O3. The summed E-state index contributed by atoms with van der Waals surface area (Å²) in [6, 6.07) is 1.82. The molecule has 0 radical (unpaired) electrons. The molecular weight excluding hydrogens is 346 g/mol. The molecule has 2 amide bonds. The van der Waals surface area contributed by atoms with Gasteiger partial charge in [0.05, 0.1) is 0 Å². The molecule has 0 saturated carbocycles. The fourth-order valence-corrected chi connectivity index (χ4v) is 3.65. The summed E-state index contributed by atoms with van der Waals surface area (Å²) >= 11 is 0. The van der Waals surface area contributed by atoms with Crippen LogP contribution in [0.4, 0.5) is 5.95 Å². The molecule has 1 aromatic heterocycles. The van der Waals surface area contributed by atoms with Crippen LogP contribution in [0.3, 0.4) is 0 Å². The number of rotatable bonds is 6. The van der Waals surface area contributed by atoms with E-state index < -0.39 is 17.4 Å². The Balaban J connectivity index is 1.37. The fraction of sp³-hybridized carbons (Fsp3) is 0.684. The third-order valence-corrected chi connectivity index (χ3v) is 5.46. The van der Waals surface area contributed by atoms with Gasteiger partial charge in [-0.3, -0.25) is 19.4 Å². The first kappa shape index (κ1) is 19.7. The largest absolute Gasteiger partial charge is 0.383 e. The van der Waals surface area contributed by atoms with Gasteiger partial charge in [0.1, 0.15) is 6.10 Å². The van der Waals surface area contributed by atoms with E-state index in [1.807, 2.05) is 6.07 Å². The van der Waals surface area contributed by atoms with Crippen molar-refractivity contribution < 1.29 is 14.7 Å². The van der Waals surface area contributed by atoms with Crippen molar-refractivity contribution in [3.05, 3.63) is 18.5 Å². The number of aliphatic hydroxyl groups is 1. The highest BCUT2D eigenvalue weighted by atomic mass is 16.3. The van der Waals surface area contributed by atoms with E-state index in [9.17, 15) is 14.7 Å². The Kier molecular flexibility index (Phi) is 6.06. The van der Waals surface area contributed by atoms with Crippen molar-refractivity contribution in [2.24, 2.45) is 5.41 Å². The number of imide groups is 1. The van der Waals surface area contributed by atoms with Crippen molar-refractivity contribution >= 4 is 17.8 Å². The number of nitrogens with zero attached hydrogens (tertiary/aromatic N) is 5. The molecule has 3 rings (SSSR count). The summed E-state index contributed by atoms with van der Waals surface area (Å²) < 4.78 is 0. The zero-order valence-electron chi connectivity index (χ0n) is 16.2. The van der Waals surface area contributed by atoms with Crippen LogP contribution >= 0.6 is 0 Å². The van der Waals surface area contributed by atoms with E-state index >= 15 is 0 Å². The molecule has 1 atom stereocenters. The van der Waals surface area contributed by atoms with Crippen LogP contribution in [0.15, 0.2) is 18.5 Å². The van der Waals surface area contributed by atoms with E-state index in [0.717, 1.165) is 51.5 Å². The lowest BCUT2D eigenvalue weighted by molar-refractivity contribution is -0.164. The molecule has 2 fully saturated rings. The van der Waals surface area contributed by atoms with E-state index in [4.69, 9.17) is 0 Å². The number of carbonyl (C=O) groups excluding carboxylic acids is 2. The number of anilines is 1. The second-order valence-corrected chi connectivity index (χ2v) is 8.04. The predicted octanol–water partition coefficient (Wildman–Crippen LogP) is 0.525. The van der Waals surface area contributed by atoms with E-state index in [0.29, 0.717) is 6.54 Å². The number of piperidine rings is 1. The molecule has 0 unspecified atom stereocenters. The van der Waals surface area contributed by atoms with Gasteiger partial charge in [0.25, 0.3) is 5.91 Å². The van der Waals surface area contributed by atoms with Gasteiger partial charge in [-0.1, -0.05) is 13.8 Å². The molecule has 0 aromatic carbocycles. The molecule has 0 spiro atoms. The molecule has 0 bridgehead atoms. The van der Waals surface area contributed by atoms with Gasteiger partial charge in [-0.2, -0.15) is 0 Å². The molecule has 148 valence electrons. The normalized spacial score (nSPS) is 23.7. The van der Waals surface area contributed by atoms with Crippen LogP contribution in [0.2, 0.25) is 0 Å². The highest BCUT2D eigenvalue weighted by molar-refractivity contribution is 6.00. The smallest absolute Gasteiger partial charge is 0.258 e. The molecule has 8 heteroatoms. The third-order valence-electron chi connectivity index (χ3n) is 5.46. The molecule has 2 aliphatic heterocycles. The standard InChI is InChI=1S/C19H29N5O3/c1-19(2)14-15(25)24(17(27)16(19)26)9-4-3-8-22-10-12-23(13-11-22)18-20-6-5-7-21-18/h5-7,16,26H,3-4,8-14H2,1-2H3/t16-/m1/s1. The summed E-state index contributed by atoms with van der Waals surface area (Å²) in [6.45, 7) is 8.54. The second kappa shape index (κ2) is 8.31. The Labute approximate surface area is 160 Å². The van der Waals surface area contributed by atoms with Crippen LogP contribution < -0.4 is 4.90 Å². The Morgan fingerprint density at radius 3 is 2.37 bits per heavy atom. The predicted molar refractivity (Wildman–Crippen MR) is 101 cm³/mol. The van der Waals surface area contributed by atoms with E-state index in [2.05, 4.69) is 19.8 Å². The summed E-state index contributed by atoms with van der Waals surface area (Å²) in [7, 11) is 0. The number of likely N-dealkylation sites (tertiary alicyclic amines) is 1. The van der Waals surface area contributed by atoms with E-state index in [1.165, 1.54) is 4.90 Å². The first-order valence-corrected chi connectivity index (χ1v) is 9.65. The van der Waals surface area contributed by atoms with E-state index in [1.54, 1.807) is 26.2 Å². The first-order valence-electron chi connectivity index (χ1n) is 9.65. The van der Waals surface area contributed by atoms with Crippen molar-refractivity contribution in [2.75, 3.05) is 44.2 Å². The number of unbranched alkanes of at least 4 members (excludes halogenated alkanes) is 1. The third kappa shape index (κ3) is 4.62. The summed E-state index contributed by atoms with van der Waals surface area (Å²) in [6.07, 6.45) is 4.31. The number of aromatic nitrogens is 2. The van der Waals surface area contributed by atoms with Crippen molar-refractivity contribution in [2.45, 2.75) is 39.2 Å². The molecule has 1 N–H and O–H groups in total. The van der Waals surface area contributed by atoms with E-state index in [-0.39, 0.29) is 12.3 Å². The quantitative estimate of drug-likeness (QED) is 0.573. The van der Waals surface area contributed by atoms with Gasteiger partial charge in [-0.05, 0) is 25.5 Å². The Hall–Kier alpha value is -2.06. The maximum absolute atomic E-state index is 12.2. The molecule has 27 heavy (non-hydrogen) atoms. The minimum atomic E-state index is -1.09. The summed E-state index contributed by atoms with van der Waals surface area (Å²) in [5.41, 5.74) is -0.674. The average Bonchev–Trinajstić information content (AvgIpc) is 2.66. The Morgan fingerprint density at radius 1 is 1.07 bits per heavy atom. The monoisotopic (exact) mass is 375 g/mol. The number of hydrogen-bond acceptors (Lipinski definition) is 7. The SMILES string of the molecule is CC1(C)CC(=O)N(CCCCN2CCN(c3ncccn3)CC2)C(=O)[C@H]1O. The minimum absolute atomic E-state index is 0.174. The van der Waals surface area contributed by atoms with Crippen LogP contribution in [-0.2, 0) is 9.59 Å². The van der Waals surface area contributed by atoms with Gasteiger partial charge in [-0.15, -0.1) is 0 Å². The van der Waals surface area contributed by atoms with Crippen LogP contribution in [0, 0.1) is 5.41 Å². The number of amides is 2. The molecule has 1 aromatic rings. The summed E-state index contributed by atoms with van der Waals surface area (Å²) in [5.74, 6) is 0.153. The molecule has 2 saturated heterocycles. The van der Waals surface area contributed by atoms with Gasteiger partial charge < -0.3 is 10.0 Å². The number of aliphatic hydroxyl groups excluding tert-OH is 1.